The van der Waals surface area contributed by atoms with Gasteiger partial charge in [0.2, 0.25) is 0 Å². The Morgan fingerprint density at radius 3 is 2.21 bits per heavy atom. The van der Waals surface area contributed by atoms with Crippen LogP contribution in [0.15, 0.2) is 30.3 Å². The van der Waals surface area contributed by atoms with Crippen LogP contribution in [0.2, 0.25) is 0 Å². The molecule has 24 heavy (non-hydrogen) atoms. The zero-order chi connectivity index (χ0) is 17.9. The van der Waals surface area contributed by atoms with Gasteiger partial charge in [-0.2, -0.15) is 5.10 Å². The monoisotopic (exact) mass is 328 g/mol. The first kappa shape index (κ1) is 18.2. The lowest BCUT2D eigenvalue weighted by atomic mass is 9.99. The van der Waals surface area contributed by atoms with Crippen molar-refractivity contribution < 1.29 is 4.79 Å². The molecule has 0 spiro atoms. The smallest absolute Gasteiger partial charge is 0.271 e. The highest BCUT2D eigenvalue weighted by atomic mass is 16.1. The molecule has 1 amide bonds. The van der Waals surface area contributed by atoms with Gasteiger partial charge in [-0.25, -0.2) is 0 Å². The summed E-state index contributed by atoms with van der Waals surface area (Å²) in [7, 11) is 1.86. The molecule has 1 heterocycles. The number of hydrogen-bond donors (Lipinski definition) is 2. The van der Waals surface area contributed by atoms with Crippen LogP contribution in [0.4, 0.5) is 0 Å². The van der Waals surface area contributed by atoms with Gasteiger partial charge in [0.15, 0.2) is 0 Å². The van der Waals surface area contributed by atoms with Crippen molar-refractivity contribution in [2.75, 3.05) is 6.54 Å². The lowest BCUT2D eigenvalue weighted by Gasteiger charge is -2.14. The first-order valence-corrected chi connectivity index (χ1v) is 8.47. The first-order valence-electron chi connectivity index (χ1n) is 8.47. The third kappa shape index (κ3) is 4.23. The minimum Gasteiger partial charge on any atom is -0.349 e. The molecule has 1 aromatic carbocycles. The van der Waals surface area contributed by atoms with Crippen molar-refractivity contribution in [1.82, 2.24) is 15.1 Å². The van der Waals surface area contributed by atoms with Crippen molar-refractivity contribution in [1.29, 1.82) is 0 Å². The van der Waals surface area contributed by atoms with Gasteiger partial charge in [-0.05, 0) is 29.0 Å². The van der Waals surface area contributed by atoms with E-state index in [1.807, 2.05) is 25.2 Å². The van der Waals surface area contributed by atoms with Crippen molar-refractivity contribution in [2.24, 2.45) is 12.8 Å². The van der Waals surface area contributed by atoms with E-state index in [4.69, 9.17) is 5.73 Å². The lowest BCUT2D eigenvalue weighted by molar-refractivity contribution is 0.0945. The molecule has 5 nitrogen and oxygen atoms in total. The number of aryl methyl sites for hydroxylation is 1. The highest BCUT2D eigenvalue weighted by molar-refractivity contribution is 5.92. The second-order valence-electron chi connectivity index (χ2n) is 6.87. The van der Waals surface area contributed by atoms with Gasteiger partial charge >= 0.3 is 0 Å². The molecule has 1 unspecified atom stereocenters. The summed E-state index contributed by atoms with van der Waals surface area (Å²) in [5.41, 5.74) is 9.96. The summed E-state index contributed by atoms with van der Waals surface area (Å²) in [6, 6.07) is 9.85. The molecule has 0 aliphatic carbocycles. The van der Waals surface area contributed by atoms with E-state index in [0.29, 0.717) is 24.1 Å². The summed E-state index contributed by atoms with van der Waals surface area (Å²) >= 11 is 0. The highest BCUT2D eigenvalue weighted by Crippen LogP contribution is 2.18. The standard InChI is InChI=1S/C19H28N4O/c1-12(2)14-6-8-15(9-7-14)16(20)11-21-19(24)17-10-18(13(3)4)23(5)22-17/h6-10,12-13,16H,11,20H2,1-5H3,(H,21,24). The van der Waals surface area contributed by atoms with E-state index >= 15 is 0 Å². The molecule has 0 bridgehead atoms. The summed E-state index contributed by atoms with van der Waals surface area (Å²) in [6.45, 7) is 8.86. The Morgan fingerprint density at radius 2 is 1.71 bits per heavy atom. The summed E-state index contributed by atoms with van der Waals surface area (Å²) in [4.78, 5) is 12.3. The van der Waals surface area contributed by atoms with Crippen molar-refractivity contribution in [3.05, 3.63) is 52.8 Å². The minimum absolute atomic E-state index is 0.188. The molecule has 0 aliphatic rings. The van der Waals surface area contributed by atoms with Crippen LogP contribution in [0, 0.1) is 0 Å². The molecule has 130 valence electrons. The Kier molecular flexibility index (Phi) is 5.78. The van der Waals surface area contributed by atoms with Crippen molar-refractivity contribution >= 4 is 5.91 Å². The number of nitrogens with one attached hydrogen (secondary N) is 1. The quantitative estimate of drug-likeness (QED) is 0.856. The zero-order valence-electron chi connectivity index (χ0n) is 15.2. The SMILES string of the molecule is CC(C)c1ccc(C(N)CNC(=O)c2cc(C(C)C)n(C)n2)cc1. The van der Waals surface area contributed by atoms with Crippen LogP contribution in [0.25, 0.3) is 0 Å². The number of nitrogens with zero attached hydrogens (tertiary/aromatic N) is 2. The molecule has 0 saturated carbocycles. The molecular formula is C19H28N4O. The fraction of sp³-hybridized carbons (Fsp3) is 0.474. The molecule has 2 rings (SSSR count). The maximum atomic E-state index is 12.3. The largest absolute Gasteiger partial charge is 0.349 e. The summed E-state index contributed by atoms with van der Waals surface area (Å²) in [5.74, 6) is 0.631. The van der Waals surface area contributed by atoms with Crippen molar-refractivity contribution in [3.8, 4) is 0 Å². The van der Waals surface area contributed by atoms with Gasteiger partial charge in [-0.3, -0.25) is 9.48 Å². The van der Waals surface area contributed by atoms with E-state index in [2.05, 4.69) is 50.2 Å². The van der Waals surface area contributed by atoms with E-state index in [0.717, 1.165) is 11.3 Å². The lowest BCUT2D eigenvalue weighted by Crippen LogP contribution is -2.32. The van der Waals surface area contributed by atoms with Gasteiger partial charge in [-0.15, -0.1) is 0 Å². The third-order valence-corrected chi connectivity index (χ3v) is 4.25. The van der Waals surface area contributed by atoms with Crippen LogP contribution in [-0.4, -0.2) is 22.2 Å². The third-order valence-electron chi connectivity index (χ3n) is 4.25. The van der Waals surface area contributed by atoms with Crippen molar-refractivity contribution in [3.63, 3.8) is 0 Å². The Bertz CT molecular complexity index is 686. The van der Waals surface area contributed by atoms with E-state index in [1.165, 1.54) is 5.56 Å². The number of nitrogens with two attached hydrogens (primary N) is 1. The van der Waals surface area contributed by atoms with E-state index < -0.39 is 0 Å². The molecule has 2 aromatic rings. The Balaban J connectivity index is 1.96. The van der Waals surface area contributed by atoms with Crippen LogP contribution >= 0.6 is 0 Å². The molecule has 0 radical (unpaired) electrons. The number of hydrogen-bond acceptors (Lipinski definition) is 3. The molecule has 3 N–H and O–H groups in total. The number of aromatic nitrogens is 2. The van der Waals surface area contributed by atoms with Crippen LogP contribution in [0.3, 0.4) is 0 Å². The van der Waals surface area contributed by atoms with Crippen LogP contribution in [0.1, 0.15) is 72.9 Å². The van der Waals surface area contributed by atoms with Crippen LogP contribution in [0.5, 0.6) is 0 Å². The average Bonchev–Trinajstić information content (AvgIpc) is 2.94. The molecule has 0 saturated heterocycles. The summed E-state index contributed by atoms with van der Waals surface area (Å²) in [5, 5.41) is 7.15. The highest BCUT2D eigenvalue weighted by Gasteiger charge is 2.16. The maximum absolute atomic E-state index is 12.3. The number of carbonyl (C=O) groups excluding carboxylic acids is 1. The molecular weight excluding hydrogens is 300 g/mol. The van der Waals surface area contributed by atoms with Gasteiger partial charge in [0.05, 0.1) is 0 Å². The van der Waals surface area contributed by atoms with Crippen LogP contribution < -0.4 is 11.1 Å². The predicted molar refractivity (Wildman–Crippen MR) is 97.1 cm³/mol. The van der Waals surface area contributed by atoms with Gasteiger partial charge in [0.1, 0.15) is 5.69 Å². The van der Waals surface area contributed by atoms with Gasteiger partial charge in [0, 0.05) is 25.3 Å². The fourth-order valence-corrected chi connectivity index (χ4v) is 2.67. The van der Waals surface area contributed by atoms with Gasteiger partial charge < -0.3 is 11.1 Å². The Labute approximate surface area is 144 Å². The predicted octanol–water partition coefficient (Wildman–Crippen LogP) is 3.10. The second kappa shape index (κ2) is 7.62. The average molecular weight is 328 g/mol. The second-order valence-corrected chi connectivity index (χ2v) is 6.87. The Hall–Kier alpha value is -2.14. The topological polar surface area (TPSA) is 72.9 Å². The van der Waals surface area contributed by atoms with E-state index in [9.17, 15) is 4.79 Å². The van der Waals surface area contributed by atoms with E-state index in [1.54, 1.807) is 4.68 Å². The van der Waals surface area contributed by atoms with Crippen molar-refractivity contribution in [2.45, 2.75) is 45.6 Å². The fourth-order valence-electron chi connectivity index (χ4n) is 2.67. The summed E-state index contributed by atoms with van der Waals surface area (Å²) in [6.07, 6.45) is 0. The normalized spacial score (nSPS) is 12.7. The minimum atomic E-state index is -0.233. The molecule has 1 aromatic heterocycles. The molecule has 0 aliphatic heterocycles. The number of amides is 1. The van der Waals surface area contributed by atoms with Gasteiger partial charge in [-0.1, -0.05) is 52.0 Å². The van der Waals surface area contributed by atoms with Crippen LogP contribution in [-0.2, 0) is 7.05 Å². The molecule has 0 fully saturated rings. The number of carbonyl (C=O) groups is 1. The van der Waals surface area contributed by atoms with E-state index in [-0.39, 0.29) is 11.9 Å². The maximum Gasteiger partial charge on any atom is 0.271 e. The number of benzene rings is 1. The molecule has 5 heteroatoms. The summed E-state index contributed by atoms with van der Waals surface area (Å²) < 4.78 is 1.75. The first-order chi connectivity index (χ1) is 11.3. The zero-order valence-corrected chi connectivity index (χ0v) is 15.2. The van der Waals surface area contributed by atoms with Gasteiger partial charge in [0.25, 0.3) is 5.91 Å². The molecule has 1 atom stereocenters. The number of rotatable bonds is 6. The Morgan fingerprint density at radius 1 is 1.12 bits per heavy atom.